The van der Waals surface area contributed by atoms with Crippen LogP contribution >= 0.6 is 0 Å². The van der Waals surface area contributed by atoms with Crippen molar-refractivity contribution in [3.63, 3.8) is 0 Å². The highest BCUT2D eigenvalue weighted by Gasteiger charge is 2.21. The van der Waals surface area contributed by atoms with E-state index in [0.717, 1.165) is 0 Å². The largest absolute Gasteiger partial charge is 0.513 e. The molecule has 6 nitrogen and oxygen atoms in total. The summed E-state index contributed by atoms with van der Waals surface area (Å²) in [5.41, 5.74) is 0.996. The van der Waals surface area contributed by atoms with E-state index in [1.54, 1.807) is 0 Å². The van der Waals surface area contributed by atoms with E-state index >= 15 is 0 Å². The lowest BCUT2D eigenvalue weighted by molar-refractivity contribution is 0.0954. The molecule has 0 fully saturated rings. The predicted molar refractivity (Wildman–Crippen MR) is 61.2 cm³/mol. The van der Waals surface area contributed by atoms with E-state index in [0.29, 0.717) is 29.7 Å². The fourth-order valence-electron chi connectivity index (χ4n) is 1.82. The van der Waals surface area contributed by atoms with Gasteiger partial charge in [0.2, 0.25) is 5.75 Å². The first-order chi connectivity index (χ1) is 8.52. The van der Waals surface area contributed by atoms with Crippen molar-refractivity contribution in [3.05, 3.63) is 23.0 Å². The third-order valence-corrected chi connectivity index (χ3v) is 2.71. The van der Waals surface area contributed by atoms with Crippen LogP contribution in [0, 0.1) is 0 Å². The van der Waals surface area contributed by atoms with Crippen molar-refractivity contribution >= 4 is 12.2 Å². The second-order valence-corrected chi connectivity index (χ2v) is 3.83. The SMILES string of the molecule is COC(=O)OC1=Cc2cc(O)c(O)c(O)c2CC1. The Hall–Kier alpha value is -2.37. The molecule has 1 aliphatic rings. The van der Waals surface area contributed by atoms with Crippen LogP contribution in [-0.4, -0.2) is 28.6 Å². The summed E-state index contributed by atoms with van der Waals surface area (Å²) in [5.74, 6) is -0.946. The number of hydrogen-bond acceptors (Lipinski definition) is 6. The molecular formula is C12H12O6. The Morgan fingerprint density at radius 2 is 1.94 bits per heavy atom. The van der Waals surface area contributed by atoms with Crippen LogP contribution in [0.15, 0.2) is 11.8 Å². The summed E-state index contributed by atoms with van der Waals surface area (Å²) in [4.78, 5) is 11.0. The van der Waals surface area contributed by atoms with Gasteiger partial charge in [-0.1, -0.05) is 0 Å². The Labute approximate surface area is 103 Å². The number of fused-ring (bicyclic) bond motifs is 1. The van der Waals surface area contributed by atoms with Crippen LogP contribution in [0.5, 0.6) is 17.2 Å². The fourth-order valence-corrected chi connectivity index (χ4v) is 1.82. The van der Waals surface area contributed by atoms with Gasteiger partial charge in [0, 0.05) is 12.0 Å². The van der Waals surface area contributed by atoms with Gasteiger partial charge in [0.15, 0.2) is 11.5 Å². The maximum absolute atomic E-state index is 11.0. The molecular weight excluding hydrogens is 240 g/mol. The lowest BCUT2D eigenvalue weighted by Gasteiger charge is -2.17. The smallest absolute Gasteiger partial charge is 0.504 e. The molecule has 0 amide bonds. The van der Waals surface area contributed by atoms with Gasteiger partial charge in [-0.25, -0.2) is 4.79 Å². The van der Waals surface area contributed by atoms with Gasteiger partial charge in [0.25, 0.3) is 0 Å². The number of carbonyl (C=O) groups excluding carboxylic acids is 1. The van der Waals surface area contributed by atoms with Crippen molar-refractivity contribution in [3.8, 4) is 17.2 Å². The predicted octanol–water partition coefficient (Wildman–Crippen LogP) is 1.87. The second-order valence-electron chi connectivity index (χ2n) is 3.83. The first-order valence-corrected chi connectivity index (χ1v) is 5.26. The summed E-state index contributed by atoms with van der Waals surface area (Å²) in [5, 5.41) is 28.5. The molecule has 0 saturated carbocycles. The zero-order chi connectivity index (χ0) is 13.3. The maximum Gasteiger partial charge on any atom is 0.513 e. The minimum Gasteiger partial charge on any atom is -0.504 e. The number of phenolic OH excluding ortho intramolecular Hbond substituents is 3. The minimum absolute atomic E-state index is 0.349. The van der Waals surface area contributed by atoms with Gasteiger partial charge in [-0.05, 0) is 24.1 Å². The van der Waals surface area contributed by atoms with E-state index in [-0.39, 0.29) is 5.75 Å². The van der Waals surface area contributed by atoms with Crippen LogP contribution in [0.1, 0.15) is 17.5 Å². The number of carbonyl (C=O) groups is 1. The molecule has 1 aromatic carbocycles. The van der Waals surface area contributed by atoms with Gasteiger partial charge >= 0.3 is 6.16 Å². The quantitative estimate of drug-likeness (QED) is 0.521. The summed E-state index contributed by atoms with van der Waals surface area (Å²) < 4.78 is 9.25. The molecule has 2 rings (SSSR count). The second kappa shape index (κ2) is 4.48. The summed E-state index contributed by atoms with van der Waals surface area (Å²) >= 11 is 0. The topological polar surface area (TPSA) is 96.2 Å². The Balaban J connectivity index is 2.37. The number of aromatic hydroxyl groups is 3. The molecule has 0 aliphatic heterocycles. The lowest BCUT2D eigenvalue weighted by atomic mass is 9.94. The molecule has 0 aromatic heterocycles. The molecule has 0 atom stereocenters. The minimum atomic E-state index is -0.822. The van der Waals surface area contributed by atoms with Crippen LogP contribution in [-0.2, 0) is 15.9 Å². The van der Waals surface area contributed by atoms with Crippen molar-refractivity contribution in [1.82, 2.24) is 0 Å². The Morgan fingerprint density at radius 1 is 1.22 bits per heavy atom. The lowest BCUT2D eigenvalue weighted by Crippen LogP contribution is -2.08. The van der Waals surface area contributed by atoms with Crippen molar-refractivity contribution < 1.29 is 29.6 Å². The van der Waals surface area contributed by atoms with Crippen LogP contribution in [0.2, 0.25) is 0 Å². The van der Waals surface area contributed by atoms with Crippen LogP contribution < -0.4 is 0 Å². The number of methoxy groups -OCH3 is 1. The summed E-state index contributed by atoms with van der Waals surface area (Å²) in [6, 6.07) is 1.30. The zero-order valence-electron chi connectivity index (χ0n) is 9.64. The van der Waals surface area contributed by atoms with E-state index in [2.05, 4.69) is 4.74 Å². The Morgan fingerprint density at radius 3 is 2.61 bits per heavy atom. The third kappa shape index (κ3) is 2.04. The molecule has 1 aliphatic carbocycles. The Kier molecular flexibility index (Phi) is 3.01. The molecule has 6 heteroatoms. The fraction of sp³-hybridized carbons (Fsp3) is 0.250. The molecule has 3 N–H and O–H groups in total. The molecule has 0 bridgehead atoms. The highest BCUT2D eigenvalue weighted by Crippen LogP contribution is 2.42. The standard InChI is InChI=1S/C12H12O6/c1-17-12(16)18-7-2-3-8-6(4-7)5-9(13)11(15)10(8)14/h4-5,13-15H,2-3H2,1H3. The van der Waals surface area contributed by atoms with Crippen LogP contribution in [0.4, 0.5) is 4.79 Å². The van der Waals surface area contributed by atoms with E-state index < -0.39 is 17.7 Å². The molecule has 0 radical (unpaired) electrons. The van der Waals surface area contributed by atoms with Crippen LogP contribution in [0.3, 0.4) is 0 Å². The monoisotopic (exact) mass is 252 g/mol. The van der Waals surface area contributed by atoms with Crippen molar-refractivity contribution in [1.29, 1.82) is 0 Å². The maximum atomic E-state index is 11.0. The van der Waals surface area contributed by atoms with Gasteiger partial charge in [0.05, 0.1) is 7.11 Å². The summed E-state index contributed by atoms with van der Waals surface area (Å²) in [6.07, 6.45) is 1.46. The van der Waals surface area contributed by atoms with Crippen LogP contribution in [0.25, 0.3) is 6.08 Å². The molecule has 0 spiro atoms. The van der Waals surface area contributed by atoms with E-state index in [4.69, 9.17) is 4.74 Å². The Bertz CT molecular complexity index is 532. The molecule has 96 valence electrons. The number of allylic oxidation sites excluding steroid dienone is 1. The van der Waals surface area contributed by atoms with E-state index in [1.165, 1.54) is 19.3 Å². The number of benzene rings is 1. The normalized spacial score (nSPS) is 13.5. The van der Waals surface area contributed by atoms with E-state index in [9.17, 15) is 20.1 Å². The molecule has 18 heavy (non-hydrogen) atoms. The molecule has 0 unspecified atom stereocenters. The average molecular weight is 252 g/mol. The van der Waals surface area contributed by atoms with Crippen molar-refractivity contribution in [2.75, 3.05) is 7.11 Å². The summed E-state index contributed by atoms with van der Waals surface area (Å²) in [6.45, 7) is 0. The number of ether oxygens (including phenoxy) is 2. The first-order valence-electron chi connectivity index (χ1n) is 5.26. The van der Waals surface area contributed by atoms with Crippen molar-refractivity contribution in [2.24, 2.45) is 0 Å². The van der Waals surface area contributed by atoms with E-state index in [1.807, 2.05) is 0 Å². The highest BCUT2D eigenvalue weighted by molar-refractivity contribution is 5.70. The highest BCUT2D eigenvalue weighted by atomic mass is 16.7. The van der Waals surface area contributed by atoms with Gasteiger partial charge in [0.1, 0.15) is 5.76 Å². The first kappa shape index (κ1) is 12.1. The van der Waals surface area contributed by atoms with Gasteiger partial charge in [-0.3, -0.25) is 0 Å². The number of phenols is 3. The van der Waals surface area contributed by atoms with Gasteiger partial charge in [-0.2, -0.15) is 0 Å². The number of hydrogen-bond donors (Lipinski definition) is 3. The molecule has 0 saturated heterocycles. The summed E-state index contributed by atoms with van der Waals surface area (Å²) in [7, 11) is 1.20. The van der Waals surface area contributed by atoms with Crippen molar-refractivity contribution in [2.45, 2.75) is 12.8 Å². The average Bonchev–Trinajstić information content (AvgIpc) is 2.35. The number of rotatable bonds is 1. The zero-order valence-corrected chi connectivity index (χ0v) is 9.64. The van der Waals surface area contributed by atoms with Gasteiger partial charge < -0.3 is 24.8 Å². The molecule has 0 heterocycles. The molecule has 1 aromatic rings. The van der Waals surface area contributed by atoms with Gasteiger partial charge in [-0.15, -0.1) is 0 Å². The third-order valence-electron chi connectivity index (χ3n) is 2.71.